The van der Waals surface area contributed by atoms with Crippen LogP contribution in [0.3, 0.4) is 0 Å². The van der Waals surface area contributed by atoms with E-state index in [-0.39, 0.29) is 18.5 Å². The number of aliphatic hydroxyl groups excluding tert-OH is 2. The summed E-state index contributed by atoms with van der Waals surface area (Å²) in [5.74, 6) is -0.0420. The highest BCUT2D eigenvalue weighted by atomic mass is 16.5. The third kappa shape index (κ3) is 50.0. The van der Waals surface area contributed by atoms with Crippen LogP contribution in [0.1, 0.15) is 322 Å². The van der Waals surface area contributed by atoms with Crippen LogP contribution in [0.4, 0.5) is 0 Å². The zero-order valence-electron chi connectivity index (χ0n) is 43.3. The average molecular weight is 905 g/mol. The number of carbonyl (C=O) groups is 2. The lowest BCUT2D eigenvalue weighted by molar-refractivity contribution is -0.143. The first-order valence-electron chi connectivity index (χ1n) is 28.9. The zero-order chi connectivity index (χ0) is 46.5. The van der Waals surface area contributed by atoms with E-state index in [1.807, 2.05) is 0 Å². The van der Waals surface area contributed by atoms with Gasteiger partial charge in [-0.2, -0.15) is 0 Å². The molecule has 0 aliphatic heterocycles. The first-order valence-corrected chi connectivity index (χ1v) is 28.9. The predicted molar refractivity (Wildman–Crippen MR) is 278 cm³/mol. The fraction of sp³-hybridized carbons (Fsp3) is 0.931. The molecule has 6 heteroatoms. The molecule has 2 atom stereocenters. The standard InChI is InChI=1S/C58H113NO5/c1-3-5-7-9-11-13-15-17-18-23-27-30-34-38-42-46-50-56(61)55(54-60)59-57(62)51-47-43-39-35-31-28-24-21-19-20-22-25-29-33-37-41-45-49-53-64-58(63)52-48-44-40-36-32-26-16-14-12-10-8-6-4-2/h21,24,55-56,60-61H,3-20,22-23,25-54H2,1-2H3,(H,59,62)/b24-21-. The van der Waals surface area contributed by atoms with Crippen LogP contribution >= 0.6 is 0 Å². The molecule has 0 aliphatic rings. The van der Waals surface area contributed by atoms with Crippen molar-refractivity contribution in [3.05, 3.63) is 12.2 Å². The first-order chi connectivity index (χ1) is 31.5. The molecule has 0 aromatic carbocycles. The van der Waals surface area contributed by atoms with Crippen LogP contribution in [0.15, 0.2) is 12.2 Å². The number of ether oxygens (including phenoxy) is 1. The van der Waals surface area contributed by atoms with Gasteiger partial charge in [0, 0.05) is 12.8 Å². The summed E-state index contributed by atoms with van der Waals surface area (Å²) >= 11 is 0. The molecule has 0 saturated heterocycles. The van der Waals surface area contributed by atoms with E-state index in [1.54, 1.807) is 0 Å². The quantitative estimate of drug-likeness (QED) is 0.0321. The SMILES string of the molecule is CCCCCCCCCCCCCCCCCCC(O)C(CO)NC(=O)CCCCCCC/C=C\CCCCCCCCCCCOC(=O)CCCCCCCCCCCCCCC. The van der Waals surface area contributed by atoms with Gasteiger partial charge in [-0.15, -0.1) is 0 Å². The van der Waals surface area contributed by atoms with Crippen molar-refractivity contribution < 1.29 is 24.5 Å². The Kier molecular flexibility index (Phi) is 53.0. The monoisotopic (exact) mass is 904 g/mol. The molecular formula is C58H113NO5. The zero-order valence-corrected chi connectivity index (χ0v) is 43.3. The number of esters is 1. The van der Waals surface area contributed by atoms with Gasteiger partial charge in [-0.05, 0) is 51.4 Å². The largest absolute Gasteiger partial charge is 0.466 e. The van der Waals surface area contributed by atoms with Crippen LogP contribution in [-0.4, -0.2) is 47.4 Å². The second kappa shape index (κ2) is 54.2. The predicted octanol–water partition coefficient (Wildman–Crippen LogP) is 17.7. The summed E-state index contributed by atoms with van der Waals surface area (Å²) in [7, 11) is 0. The number of hydrogen-bond acceptors (Lipinski definition) is 5. The van der Waals surface area contributed by atoms with Gasteiger partial charge in [-0.3, -0.25) is 9.59 Å². The van der Waals surface area contributed by atoms with Crippen molar-refractivity contribution in [2.45, 2.75) is 334 Å². The van der Waals surface area contributed by atoms with Gasteiger partial charge >= 0.3 is 5.97 Å². The van der Waals surface area contributed by atoms with Gasteiger partial charge in [0.2, 0.25) is 5.91 Å². The van der Waals surface area contributed by atoms with E-state index in [2.05, 4.69) is 31.3 Å². The van der Waals surface area contributed by atoms with Gasteiger partial charge in [-0.25, -0.2) is 0 Å². The van der Waals surface area contributed by atoms with Crippen molar-refractivity contribution in [2.75, 3.05) is 13.2 Å². The summed E-state index contributed by atoms with van der Waals surface area (Å²) in [6.45, 7) is 4.96. The van der Waals surface area contributed by atoms with E-state index < -0.39 is 12.1 Å². The van der Waals surface area contributed by atoms with Gasteiger partial charge in [0.05, 0.1) is 25.4 Å². The van der Waals surface area contributed by atoms with Crippen LogP contribution in [-0.2, 0) is 14.3 Å². The molecule has 0 rings (SSSR count). The highest BCUT2D eigenvalue weighted by Crippen LogP contribution is 2.17. The molecule has 0 aromatic rings. The second-order valence-electron chi connectivity index (χ2n) is 20.0. The molecule has 0 bridgehead atoms. The maximum absolute atomic E-state index is 12.5. The first kappa shape index (κ1) is 62.6. The van der Waals surface area contributed by atoms with E-state index in [4.69, 9.17) is 4.74 Å². The van der Waals surface area contributed by atoms with Crippen LogP contribution in [0, 0.1) is 0 Å². The van der Waals surface area contributed by atoms with Gasteiger partial charge in [0.15, 0.2) is 0 Å². The Morgan fingerprint density at radius 2 is 0.734 bits per heavy atom. The highest BCUT2D eigenvalue weighted by molar-refractivity contribution is 5.76. The van der Waals surface area contributed by atoms with Crippen LogP contribution < -0.4 is 5.32 Å². The van der Waals surface area contributed by atoms with Crippen LogP contribution in [0.25, 0.3) is 0 Å². The molecule has 3 N–H and O–H groups in total. The van der Waals surface area contributed by atoms with E-state index in [9.17, 15) is 19.8 Å². The van der Waals surface area contributed by atoms with E-state index in [1.165, 1.54) is 231 Å². The third-order valence-corrected chi connectivity index (χ3v) is 13.6. The normalized spacial score (nSPS) is 12.6. The summed E-state index contributed by atoms with van der Waals surface area (Å²) in [4.78, 5) is 24.5. The van der Waals surface area contributed by atoms with E-state index in [0.717, 1.165) is 57.8 Å². The van der Waals surface area contributed by atoms with Crippen molar-refractivity contribution in [1.29, 1.82) is 0 Å². The molecule has 0 radical (unpaired) electrons. The Balaban J connectivity index is 3.44. The Morgan fingerprint density at radius 3 is 1.11 bits per heavy atom. The Labute approximate surface area is 399 Å². The fourth-order valence-electron chi connectivity index (χ4n) is 9.11. The molecule has 2 unspecified atom stereocenters. The number of allylic oxidation sites excluding steroid dienone is 2. The molecule has 0 spiro atoms. The Bertz CT molecular complexity index is 955. The summed E-state index contributed by atoms with van der Waals surface area (Å²) in [5.41, 5.74) is 0. The fourth-order valence-corrected chi connectivity index (χ4v) is 9.11. The smallest absolute Gasteiger partial charge is 0.305 e. The van der Waals surface area contributed by atoms with Gasteiger partial charge in [0.25, 0.3) is 0 Å². The average Bonchev–Trinajstić information content (AvgIpc) is 3.29. The van der Waals surface area contributed by atoms with Crippen LogP contribution in [0.2, 0.25) is 0 Å². The van der Waals surface area contributed by atoms with Crippen molar-refractivity contribution in [3.8, 4) is 0 Å². The van der Waals surface area contributed by atoms with Gasteiger partial charge in [-0.1, -0.05) is 270 Å². The van der Waals surface area contributed by atoms with E-state index in [0.29, 0.717) is 25.9 Å². The molecule has 1 amide bonds. The molecule has 0 heterocycles. The number of carbonyl (C=O) groups excluding carboxylic acids is 2. The third-order valence-electron chi connectivity index (χ3n) is 13.6. The Hall–Kier alpha value is -1.40. The molecule has 0 fully saturated rings. The van der Waals surface area contributed by atoms with Crippen molar-refractivity contribution in [1.82, 2.24) is 5.32 Å². The second-order valence-corrected chi connectivity index (χ2v) is 20.0. The molecular weight excluding hydrogens is 791 g/mol. The number of rotatable bonds is 54. The lowest BCUT2D eigenvalue weighted by Crippen LogP contribution is -2.45. The summed E-state index contributed by atoms with van der Waals surface area (Å²) < 4.78 is 5.47. The number of aliphatic hydroxyl groups is 2. The van der Waals surface area contributed by atoms with Crippen molar-refractivity contribution >= 4 is 11.9 Å². The maximum atomic E-state index is 12.5. The van der Waals surface area contributed by atoms with Gasteiger partial charge in [0.1, 0.15) is 0 Å². The van der Waals surface area contributed by atoms with Crippen LogP contribution in [0.5, 0.6) is 0 Å². The topological polar surface area (TPSA) is 95.9 Å². The highest BCUT2D eigenvalue weighted by Gasteiger charge is 2.20. The molecule has 380 valence electrons. The number of hydrogen-bond donors (Lipinski definition) is 3. The summed E-state index contributed by atoms with van der Waals surface area (Å²) in [6, 6.07) is -0.550. The number of amides is 1. The van der Waals surface area contributed by atoms with Crippen molar-refractivity contribution in [2.24, 2.45) is 0 Å². The minimum Gasteiger partial charge on any atom is -0.466 e. The van der Waals surface area contributed by atoms with E-state index >= 15 is 0 Å². The van der Waals surface area contributed by atoms with Crippen molar-refractivity contribution in [3.63, 3.8) is 0 Å². The minimum atomic E-state index is -0.672. The maximum Gasteiger partial charge on any atom is 0.305 e. The molecule has 0 aliphatic carbocycles. The lowest BCUT2D eigenvalue weighted by Gasteiger charge is -2.22. The lowest BCUT2D eigenvalue weighted by atomic mass is 10.0. The molecule has 64 heavy (non-hydrogen) atoms. The molecule has 0 aromatic heterocycles. The minimum absolute atomic E-state index is 0.00504. The number of nitrogens with one attached hydrogen (secondary N) is 1. The summed E-state index contributed by atoms with van der Waals surface area (Å²) in [6.07, 6.45) is 63.4. The van der Waals surface area contributed by atoms with Gasteiger partial charge < -0.3 is 20.3 Å². The molecule has 6 nitrogen and oxygen atoms in total. The Morgan fingerprint density at radius 1 is 0.422 bits per heavy atom. The molecule has 0 saturated carbocycles. The summed E-state index contributed by atoms with van der Waals surface area (Å²) in [5, 5.41) is 23.3. The number of unbranched alkanes of at least 4 members (excludes halogenated alkanes) is 41.